The van der Waals surface area contributed by atoms with Crippen LogP contribution >= 0.6 is 0 Å². The smallest absolute Gasteiger partial charge is 0.315 e. The molecule has 0 spiro atoms. The first kappa shape index (κ1) is 52.0. The third kappa shape index (κ3) is 14.4. The van der Waals surface area contributed by atoms with Gasteiger partial charge in [-0.3, -0.25) is 28.8 Å². The number of carbonyl (C=O) groups excluding carboxylic acids is 6. The molecule has 2 heterocycles. The summed E-state index contributed by atoms with van der Waals surface area (Å²) >= 11 is 0. The van der Waals surface area contributed by atoms with E-state index in [-0.39, 0.29) is 61.9 Å². The van der Waals surface area contributed by atoms with Crippen molar-refractivity contribution in [3.63, 3.8) is 0 Å². The molecule has 2 atom stereocenters. The van der Waals surface area contributed by atoms with Crippen LogP contribution in [-0.2, 0) is 64.3 Å². The SMILES string of the molecule is COc1cc(/C=C/C(=O)CC(=O)/C=C/c2ccc(OC(=O)[C@@H](CC(=O)OCc3ccccc3)Cc3c[nH]c4ccccc34)c(OC)c2)ccc1OC(=O)[C@@H](CC(=O)OCc1ccccc1)Cc1c[nH]c2ccccc12. The highest BCUT2D eigenvalue weighted by Gasteiger charge is 2.29. The van der Waals surface area contributed by atoms with Crippen LogP contribution < -0.4 is 18.9 Å². The van der Waals surface area contributed by atoms with Crippen molar-refractivity contribution in [3.8, 4) is 23.0 Å². The third-order valence-corrected chi connectivity index (χ3v) is 12.3. The Hall–Kier alpha value is -9.30. The van der Waals surface area contributed by atoms with Crippen LogP contribution in [0.4, 0.5) is 0 Å². The zero-order valence-electron chi connectivity index (χ0n) is 41.3. The van der Waals surface area contributed by atoms with Crippen LogP contribution in [0.15, 0.2) is 170 Å². The first-order valence-corrected chi connectivity index (χ1v) is 24.2. The minimum Gasteiger partial charge on any atom is -0.493 e. The summed E-state index contributed by atoms with van der Waals surface area (Å²) in [6, 6.07) is 43.3. The number of fused-ring (bicyclic) bond motifs is 2. The lowest BCUT2D eigenvalue weighted by Gasteiger charge is -2.17. The van der Waals surface area contributed by atoms with Gasteiger partial charge in [0, 0.05) is 34.2 Å². The minimum absolute atomic E-state index is 0.0622. The summed E-state index contributed by atoms with van der Waals surface area (Å²) in [6.45, 7) is 0.124. The second-order valence-corrected chi connectivity index (χ2v) is 17.7. The Kier molecular flexibility index (Phi) is 17.6. The average molecular weight is 1010 g/mol. The number of aromatic nitrogens is 2. The normalized spacial score (nSPS) is 12.1. The molecule has 8 aromatic rings. The van der Waals surface area contributed by atoms with Crippen molar-refractivity contribution in [2.45, 2.75) is 45.3 Å². The fourth-order valence-corrected chi connectivity index (χ4v) is 8.40. The van der Waals surface area contributed by atoms with Crippen molar-refractivity contribution in [2.24, 2.45) is 11.8 Å². The number of nitrogens with one attached hydrogen (secondary N) is 2. The van der Waals surface area contributed by atoms with E-state index in [1.54, 1.807) is 24.3 Å². The lowest BCUT2D eigenvalue weighted by atomic mass is 9.96. The quantitative estimate of drug-likeness (QED) is 0.0253. The number of hydrogen-bond acceptors (Lipinski definition) is 12. The Bertz CT molecular complexity index is 3150. The maximum Gasteiger partial charge on any atom is 0.315 e. The van der Waals surface area contributed by atoms with Crippen LogP contribution in [0.2, 0.25) is 0 Å². The van der Waals surface area contributed by atoms with Crippen molar-refractivity contribution < 1.29 is 57.2 Å². The van der Waals surface area contributed by atoms with Gasteiger partial charge in [-0.2, -0.15) is 0 Å². The van der Waals surface area contributed by atoms with Crippen LogP contribution in [0.1, 0.15) is 52.6 Å². The first-order chi connectivity index (χ1) is 36.5. The number of para-hydroxylation sites is 2. The summed E-state index contributed by atoms with van der Waals surface area (Å²) in [5, 5.41) is 1.84. The van der Waals surface area contributed by atoms with Gasteiger partial charge in [-0.05, 0) is 94.8 Å². The van der Waals surface area contributed by atoms with E-state index < -0.39 is 53.7 Å². The van der Waals surface area contributed by atoms with Crippen LogP contribution in [0.3, 0.4) is 0 Å². The molecule has 380 valence electrons. The van der Waals surface area contributed by atoms with Gasteiger partial charge in [-0.1, -0.05) is 121 Å². The summed E-state index contributed by atoms with van der Waals surface area (Å²) in [5.41, 5.74) is 6.15. The highest BCUT2D eigenvalue weighted by Crippen LogP contribution is 2.33. The fraction of sp³-hybridized carbons (Fsp3) is 0.180. The Labute approximate surface area is 432 Å². The van der Waals surface area contributed by atoms with Crippen LogP contribution in [0.25, 0.3) is 34.0 Å². The van der Waals surface area contributed by atoms with E-state index in [9.17, 15) is 28.8 Å². The maximum atomic E-state index is 13.8. The number of H-pyrrole nitrogens is 2. The number of benzene rings is 6. The van der Waals surface area contributed by atoms with Gasteiger partial charge in [-0.15, -0.1) is 0 Å². The number of hydrogen-bond donors (Lipinski definition) is 2. The molecule has 8 rings (SSSR count). The molecule has 0 aliphatic rings. The van der Waals surface area contributed by atoms with Gasteiger partial charge in [0.1, 0.15) is 13.2 Å². The molecule has 0 saturated carbocycles. The predicted octanol–water partition coefficient (Wildman–Crippen LogP) is 10.7. The molecule has 2 N–H and O–H groups in total. The number of methoxy groups -OCH3 is 2. The van der Waals surface area contributed by atoms with E-state index in [1.165, 1.54) is 50.7 Å². The number of allylic oxidation sites excluding steroid dienone is 2. The number of aromatic amines is 2. The van der Waals surface area contributed by atoms with Gasteiger partial charge < -0.3 is 38.4 Å². The van der Waals surface area contributed by atoms with Crippen LogP contribution in [-0.4, -0.2) is 59.6 Å². The highest BCUT2D eigenvalue weighted by atomic mass is 16.6. The van der Waals surface area contributed by atoms with E-state index in [2.05, 4.69) is 9.97 Å². The molecular weight excluding hydrogens is 953 g/mol. The lowest BCUT2D eigenvalue weighted by molar-refractivity contribution is -0.151. The summed E-state index contributed by atoms with van der Waals surface area (Å²) in [6.07, 6.45) is 8.71. The zero-order valence-corrected chi connectivity index (χ0v) is 41.3. The van der Waals surface area contributed by atoms with Gasteiger partial charge in [0.05, 0.1) is 45.3 Å². The van der Waals surface area contributed by atoms with Gasteiger partial charge >= 0.3 is 23.9 Å². The van der Waals surface area contributed by atoms with Gasteiger partial charge in [-0.25, -0.2) is 0 Å². The van der Waals surface area contributed by atoms with Gasteiger partial charge in [0.2, 0.25) is 0 Å². The maximum absolute atomic E-state index is 13.8. The molecule has 6 aromatic carbocycles. The molecule has 14 nitrogen and oxygen atoms in total. The summed E-state index contributed by atoms with van der Waals surface area (Å²) in [5.74, 6) is -4.53. The van der Waals surface area contributed by atoms with E-state index in [0.717, 1.165) is 44.1 Å². The van der Waals surface area contributed by atoms with E-state index in [4.69, 9.17) is 28.4 Å². The van der Waals surface area contributed by atoms with E-state index in [1.807, 2.05) is 122 Å². The molecule has 0 bridgehead atoms. The minimum atomic E-state index is -0.899. The Morgan fingerprint density at radius 3 is 1.29 bits per heavy atom. The fourth-order valence-electron chi connectivity index (χ4n) is 8.40. The molecule has 75 heavy (non-hydrogen) atoms. The Morgan fingerprint density at radius 1 is 0.480 bits per heavy atom. The standard InChI is InChI=1S/C61H54N2O12/c1-70-56-29-40(23-27-54(56)74-60(68)44(31-46-36-62-52-19-11-9-17-50(46)52)33-58(66)72-38-42-13-5-3-6-14-42)21-25-48(64)35-49(65)26-22-41-24-28-55(57(30-41)71-2)75-61(69)45(32-47-37-63-53-20-12-10-18-51(47)53)34-59(67)73-39-43-15-7-4-8-16-43/h3-30,36-37,44-45,62-63H,31-35,38-39H2,1-2H3/b25-21+,26-22+/t44-,45-/m1/s1. The number of ether oxygens (including phenoxy) is 6. The van der Waals surface area contributed by atoms with E-state index in [0.29, 0.717) is 11.1 Å². The predicted molar refractivity (Wildman–Crippen MR) is 283 cm³/mol. The lowest BCUT2D eigenvalue weighted by Crippen LogP contribution is -2.26. The number of ketones is 2. The number of rotatable bonds is 24. The molecule has 0 aliphatic carbocycles. The van der Waals surface area contributed by atoms with Crippen LogP contribution in [0.5, 0.6) is 23.0 Å². The highest BCUT2D eigenvalue weighted by molar-refractivity contribution is 6.11. The van der Waals surface area contributed by atoms with Crippen molar-refractivity contribution in [2.75, 3.05) is 14.2 Å². The number of carbonyl (C=O) groups is 6. The molecule has 0 fully saturated rings. The summed E-state index contributed by atoms with van der Waals surface area (Å²) in [7, 11) is 2.82. The molecule has 0 saturated heterocycles. The van der Waals surface area contributed by atoms with Crippen LogP contribution in [0, 0.1) is 11.8 Å². The molecule has 2 aromatic heterocycles. The summed E-state index contributed by atoms with van der Waals surface area (Å²) < 4.78 is 33.9. The van der Waals surface area contributed by atoms with E-state index >= 15 is 0 Å². The van der Waals surface area contributed by atoms with Gasteiger partial charge in [0.15, 0.2) is 34.6 Å². The van der Waals surface area contributed by atoms with Crippen molar-refractivity contribution in [3.05, 3.63) is 204 Å². The van der Waals surface area contributed by atoms with Crippen molar-refractivity contribution in [1.82, 2.24) is 9.97 Å². The molecule has 0 aliphatic heterocycles. The third-order valence-electron chi connectivity index (χ3n) is 12.3. The zero-order chi connectivity index (χ0) is 52.5. The molecular formula is C61H54N2O12. The summed E-state index contributed by atoms with van der Waals surface area (Å²) in [4.78, 5) is 86.2. The molecule has 0 radical (unpaired) electrons. The Balaban J connectivity index is 0.867. The van der Waals surface area contributed by atoms with Gasteiger partial charge in [0.25, 0.3) is 0 Å². The monoisotopic (exact) mass is 1010 g/mol. The number of esters is 4. The largest absolute Gasteiger partial charge is 0.493 e. The topological polar surface area (TPSA) is 189 Å². The second-order valence-electron chi connectivity index (χ2n) is 17.7. The van der Waals surface area contributed by atoms with Crippen molar-refractivity contribution >= 4 is 69.4 Å². The molecule has 14 heteroatoms. The molecule has 0 amide bonds. The van der Waals surface area contributed by atoms with Crippen molar-refractivity contribution in [1.29, 1.82) is 0 Å². The second kappa shape index (κ2) is 25.4. The Morgan fingerprint density at radius 2 is 0.880 bits per heavy atom. The first-order valence-electron chi connectivity index (χ1n) is 24.2. The molecule has 0 unspecified atom stereocenters. The average Bonchev–Trinajstić information content (AvgIpc) is 4.05.